The van der Waals surface area contributed by atoms with Gasteiger partial charge in [-0.15, -0.1) is 11.3 Å². The molecule has 0 unspecified atom stereocenters. The molecule has 2 N–H and O–H groups in total. The normalized spacial score (nSPS) is 10.3. The first-order valence-corrected chi connectivity index (χ1v) is 8.47. The summed E-state index contributed by atoms with van der Waals surface area (Å²) in [5.41, 5.74) is 1.74. The Morgan fingerprint density at radius 2 is 1.76 bits per heavy atom. The zero-order valence-electron chi connectivity index (χ0n) is 13.2. The van der Waals surface area contributed by atoms with Crippen LogP contribution in [0.1, 0.15) is 25.6 Å². The van der Waals surface area contributed by atoms with Gasteiger partial charge in [-0.2, -0.15) is 0 Å². The third kappa shape index (κ3) is 4.51. The van der Waals surface area contributed by atoms with Crippen molar-refractivity contribution >= 4 is 28.8 Å². The van der Waals surface area contributed by atoms with Crippen molar-refractivity contribution in [2.45, 2.75) is 6.54 Å². The minimum atomic E-state index is -0.408. The lowest BCUT2D eigenvalue weighted by Crippen LogP contribution is -2.21. The molecule has 0 spiro atoms. The van der Waals surface area contributed by atoms with Crippen LogP contribution in [-0.2, 0) is 6.54 Å². The summed E-state index contributed by atoms with van der Waals surface area (Å²) in [6.45, 7) is 0.378. The SMILES string of the molecule is O=C(Nc1cccc(F)c1)c1ccc(CNC(=O)c2cccs2)cc1. The number of thiophene rings is 1. The smallest absolute Gasteiger partial charge is 0.261 e. The molecule has 0 aliphatic carbocycles. The van der Waals surface area contributed by atoms with Crippen molar-refractivity contribution < 1.29 is 14.0 Å². The number of benzene rings is 2. The molecule has 0 atom stereocenters. The Kier molecular flexibility index (Phi) is 5.20. The fraction of sp³-hybridized carbons (Fsp3) is 0.0526. The number of carbonyl (C=O) groups excluding carboxylic acids is 2. The molecule has 0 fully saturated rings. The number of carbonyl (C=O) groups is 2. The summed E-state index contributed by atoms with van der Waals surface area (Å²) in [5, 5.41) is 7.31. The highest BCUT2D eigenvalue weighted by molar-refractivity contribution is 7.12. The van der Waals surface area contributed by atoms with Crippen molar-refractivity contribution in [1.29, 1.82) is 0 Å². The predicted molar refractivity (Wildman–Crippen MR) is 96.3 cm³/mol. The first-order valence-electron chi connectivity index (χ1n) is 7.59. The van der Waals surface area contributed by atoms with Crippen molar-refractivity contribution in [3.63, 3.8) is 0 Å². The Labute approximate surface area is 148 Å². The maximum Gasteiger partial charge on any atom is 0.261 e. The summed E-state index contributed by atoms with van der Waals surface area (Å²) in [7, 11) is 0. The molecule has 0 aliphatic rings. The van der Waals surface area contributed by atoms with Gasteiger partial charge in [-0.25, -0.2) is 4.39 Å². The molecule has 6 heteroatoms. The first kappa shape index (κ1) is 16.9. The van der Waals surface area contributed by atoms with Gasteiger partial charge >= 0.3 is 0 Å². The standard InChI is InChI=1S/C19H15FN2O2S/c20-15-3-1-4-16(11-15)22-18(23)14-8-6-13(7-9-14)12-21-19(24)17-5-2-10-25-17/h1-11H,12H2,(H,21,24)(H,22,23). The van der Waals surface area contributed by atoms with E-state index in [1.54, 1.807) is 36.4 Å². The van der Waals surface area contributed by atoms with Crippen LogP contribution in [-0.4, -0.2) is 11.8 Å². The zero-order chi connectivity index (χ0) is 17.6. The summed E-state index contributed by atoms with van der Waals surface area (Å²) in [6.07, 6.45) is 0. The fourth-order valence-corrected chi connectivity index (χ4v) is 2.86. The van der Waals surface area contributed by atoms with Gasteiger partial charge in [0.15, 0.2) is 0 Å². The van der Waals surface area contributed by atoms with Crippen molar-refractivity contribution in [2.75, 3.05) is 5.32 Å². The van der Waals surface area contributed by atoms with E-state index in [4.69, 9.17) is 0 Å². The van der Waals surface area contributed by atoms with Gasteiger partial charge in [0.05, 0.1) is 4.88 Å². The lowest BCUT2D eigenvalue weighted by atomic mass is 10.1. The minimum absolute atomic E-state index is 0.122. The van der Waals surface area contributed by atoms with Crippen LogP contribution in [0.4, 0.5) is 10.1 Å². The van der Waals surface area contributed by atoms with Gasteiger partial charge in [-0.3, -0.25) is 9.59 Å². The van der Waals surface area contributed by atoms with Gasteiger partial charge in [0, 0.05) is 17.8 Å². The van der Waals surface area contributed by atoms with E-state index in [2.05, 4.69) is 10.6 Å². The quantitative estimate of drug-likeness (QED) is 0.726. The van der Waals surface area contributed by atoms with E-state index in [1.807, 2.05) is 11.4 Å². The summed E-state index contributed by atoms with van der Waals surface area (Å²) in [6, 6.07) is 16.2. The van der Waals surface area contributed by atoms with Crippen molar-refractivity contribution in [3.8, 4) is 0 Å². The van der Waals surface area contributed by atoms with E-state index in [-0.39, 0.29) is 11.8 Å². The number of amides is 2. The van der Waals surface area contributed by atoms with Crippen LogP contribution in [0.5, 0.6) is 0 Å². The summed E-state index contributed by atoms with van der Waals surface area (Å²) in [4.78, 5) is 24.7. The topological polar surface area (TPSA) is 58.2 Å². The van der Waals surface area contributed by atoms with E-state index >= 15 is 0 Å². The van der Waals surface area contributed by atoms with Crippen LogP contribution in [0, 0.1) is 5.82 Å². The third-order valence-corrected chi connectivity index (χ3v) is 4.37. The highest BCUT2D eigenvalue weighted by Crippen LogP contribution is 2.12. The molecule has 4 nitrogen and oxygen atoms in total. The second-order valence-electron chi connectivity index (χ2n) is 5.32. The summed E-state index contributed by atoms with van der Waals surface area (Å²) < 4.78 is 13.1. The van der Waals surface area contributed by atoms with Crippen LogP contribution < -0.4 is 10.6 Å². The largest absolute Gasteiger partial charge is 0.347 e. The first-order chi connectivity index (χ1) is 12.1. The van der Waals surface area contributed by atoms with Gasteiger partial charge in [0.2, 0.25) is 0 Å². The van der Waals surface area contributed by atoms with Gasteiger partial charge < -0.3 is 10.6 Å². The Morgan fingerprint density at radius 1 is 0.960 bits per heavy atom. The maximum absolute atomic E-state index is 13.1. The Morgan fingerprint density at radius 3 is 2.44 bits per heavy atom. The summed E-state index contributed by atoms with van der Waals surface area (Å²) >= 11 is 1.38. The number of anilines is 1. The van der Waals surface area contributed by atoms with Gasteiger partial charge in [-0.05, 0) is 47.3 Å². The Balaban J connectivity index is 1.58. The van der Waals surface area contributed by atoms with Crippen LogP contribution in [0.15, 0.2) is 66.0 Å². The van der Waals surface area contributed by atoms with E-state index < -0.39 is 5.82 Å². The number of rotatable bonds is 5. The monoisotopic (exact) mass is 354 g/mol. The van der Waals surface area contributed by atoms with Gasteiger partial charge in [-0.1, -0.05) is 24.3 Å². The molecule has 25 heavy (non-hydrogen) atoms. The molecule has 3 aromatic rings. The van der Waals surface area contributed by atoms with E-state index in [9.17, 15) is 14.0 Å². The molecule has 126 valence electrons. The molecule has 0 saturated carbocycles. The van der Waals surface area contributed by atoms with E-state index in [0.29, 0.717) is 22.7 Å². The number of halogens is 1. The Bertz CT molecular complexity index is 877. The van der Waals surface area contributed by atoms with Gasteiger partial charge in [0.1, 0.15) is 5.82 Å². The molecule has 0 saturated heterocycles. The molecule has 2 amide bonds. The third-order valence-electron chi connectivity index (χ3n) is 3.50. The molecule has 0 aliphatic heterocycles. The zero-order valence-corrected chi connectivity index (χ0v) is 14.0. The van der Waals surface area contributed by atoms with Crippen LogP contribution >= 0.6 is 11.3 Å². The van der Waals surface area contributed by atoms with Gasteiger partial charge in [0.25, 0.3) is 11.8 Å². The predicted octanol–water partition coefficient (Wildman–Crippen LogP) is 4.07. The molecular weight excluding hydrogens is 339 g/mol. The average Bonchev–Trinajstić information content (AvgIpc) is 3.15. The second kappa shape index (κ2) is 7.72. The molecule has 1 heterocycles. The highest BCUT2D eigenvalue weighted by atomic mass is 32.1. The lowest BCUT2D eigenvalue weighted by Gasteiger charge is -2.07. The molecule has 2 aromatic carbocycles. The average molecular weight is 354 g/mol. The highest BCUT2D eigenvalue weighted by Gasteiger charge is 2.08. The van der Waals surface area contributed by atoms with Crippen LogP contribution in [0.2, 0.25) is 0 Å². The fourth-order valence-electron chi connectivity index (χ4n) is 2.22. The molecule has 0 bridgehead atoms. The molecule has 1 aromatic heterocycles. The molecule has 3 rings (SSSR count). The van der Waals surface area contributed by atoms with Crippen LogP contribution in [0.3, 0.4) is 0 Å². The lowest BCUT2D eigenvalue weighted by molar-refractivity contribution is 0.0953. The maximum atomic E-state index is 13.1. The van der Waals surface area contributed by atoms with Crippen LogP contribution in [0.25, 0.3) is 0 Å². The minimum Gasteiger partial charge on any atom is -0.347 e. The number of hydrogen-bond donors (Lipinski definition) is 2. The number of hydrogen-bond acceptors (Lipinski definition) is 3. The Hall–Kier alpha value is -2.99. The summed E-state index contributed by atoms with van der Waals surface area (Å²) in [5.74, 6) is -0.850. The molecule has 0 radical (unpaired) electrons. The second-order valence-corrected chi connectivity index (χ2v) is 6.27. The van der Waals surface area contributed by atoms with Crippen molar-refractivity contribution in [2.24, 2.45) is 0 Å². The van der Waals surface area contributed by atoms with E-state index in [0.717, 1.165) is 5.56 Å². The van der Waals surface area contributed by atoms with Crippen molar-refractivity contribution in [3.05, 3.63) is 87.9 Å². The molecular formula is C19H15FN2O2S. The van der Waals surface area contributed by atoms with Crippen molar-refractivity contribution in [1.82, 2.24) is 5.32 Å². The van der Waals surface area contributed by atoms with E-state index in [1.165, 1.54) is 29.5 Å². The number of nitrogens with one attached hydrogen (secondary N) is 2.